The van der Waals surface area contributed by atoms with Gasteiger partial charge in [0, 0.05) is 18.7 Å². The van der Waals surface area contributed by atoms with Gasteiger partial charge in [0.2, 0.25) is 10.3 Å². The summed E-state index contributed by atoms with van der Waals surface area (Å²) >= 11 is 7.21. The highest BCUT2D eigenvalue weighted by molar-refractivity contribution is 7.12. The van der Waals surface area contributed by atoms with Gasteiger partial charge in [0.25, 0.3) is 0 Å². The van der Waals surface area contributed by atoms with E-state index < -0.39 is 4.92 Å². The number of nitro groups is 1. The van der Waals surface area contributed by atoms with Crippen LogP contribution in [-0.2, 0) is 11.3 Å². The van der Waals surface area contributed by atoms with Gasteiger partial charge in [0.05, 0.1) is 11.5 Å². The fraction of sp³-hybridized carbons (Fsp3) is 0.250. The first-order chi connectivity index (χ1) is 8.15. The van der Waals surface area contributed by atoms with E-state index in [1.807, 2.05) is 0 Å². The Hall–Kier alpha value is -1.51. The molecular weight excluding hydrogens is 268 g/mol. The molecule has 0 saturated carbocycles. The van der Waals surface area contributed by atoms with Gasteiger partial charge in [-0.05, 0) is 0 Å². The Morgan fingerprint density at radius 2 is 2.47 bits per heavy atom. The molecule has 2 aromatic rings. The molecule has 0 fully saturated rings. The van der Waals surface area contributed by atoms with Crippen LogP contribution in [0.4, 0.5) is 5.69 Å². The molecular formula is C8H7ClN4O3S. The second-order valence-corrected chi connectivity index (χ2v) is 4.23. The Balaban J connectivity index is 2.56. The van der Waals surface area contributed by atoms with E-state index in [2.05, 4.69) is 10.1 Å². The van der Waals surface area contributed by atoms with Crippen LogP contribution in [0.1, 0.15) is 5.69 Å². The van der Waals surface area contributed by atoms with Crippen molar-refractivity contribution in [2.45, 2.75) is 6.61 Å². The number of thiazole rings is 1. The van der Waals surface area contributed by atoms with Crippen molar-refractivity contribution in [2.24, 2.45) is 0 Å². The number of hydrogen-bond donors (Lipinski definition) is 0. The summed E-state index contributed by atoms with van der Waals surface area (Å²) in [5.41, 5.74) is -0.0681. The van der Waals surface area contributed by atoms with E-state index >= 15 is 0 Å². The van der Waals surface area contributed by atoms with Crippen LogP contribution >= 0.6 is 22.9 Å². The fourth-order valence-corrected chi connectivity index (χ4v) is 2.24. The molecule has 0 aliphatic carbocycles. The summed E-state index contributed by atoms with van der Waals surface area (Å²) in [6.07, 6.45) is 1.57. The van der Waals surface area contributed by atoms with E-state index in [1.165, 1.54) is 23.1 Å². The lowest BCUT2D eigenvalue weighted by Gasteiger charge is -1.94. The van der Waals surface area contributed by atoms with Gasteiger partial charge < -0.3 is 4.74 Å². The molecule has 0 saturated heterocycles. The molecule has 0 aliphatic rings. The summed E-state index contributed by atoms with van der Waals surface area (Å²) < 4.78 is 6.08. The molecule has 0 spiro atoms. The van der Waals surface area contributed by atoms with Crippen molar-refractivity contribution in [3.63, 3.8) is 0 Å². The zero-order valence-corrected chi connectivity index (χ0v) is 10.2. The molecule has 7 nitrogen and oxygen atoms in total. The van der Waals surface area contributed by atoms with Crippen LogP contribution in [0.15, 0.2) is 11.6 Å². The number of methoxy groups -OCH3 is 1. The van der Waals surface area contributed by atoms with E-state index in [9.17, 15) is 10.1 Å². The smallest absolute Gasteiger partial charge is 0.332 e. The van der Waals surface area contributed by atoms with Gasteiger partial charge in [-0.15, -0.1) is 11.3 Å². The molecule has 0 aromatic carbocycles. The van der Waals surface area contributed by atoms with Gasteiger partial charge in [-0.3, -0.25) is 10.1 Å². The lowest BCUT2D eigenvalue weighted by Crippen LogP contribution is -1.97. The monoisotopic (exact) mass is 274 g/mol. The van der Waals surface area contributed by atoms with Crippen LogP contribution in [0, 0.1) is 10.1 Å². The molecule has 0 aliphatic heterocycles. The molecule has 2 rings (SSSR count). The maximum atomic E-state index is 10.9. The highest BCUT2D eigenvalue weighted by atomic mass is 35.5. The van der Waals surface area contributed by atoms with Crippen molar-refractivity contribution in [3.8, 4) is 5.13 Å². The maximum Gasteiger partial charge on any atom is 0.332 e. The topological polar surface area (TPSA) is 83.1 Å². The molecule has 9 heteroatoms. The summed E-state index contributed by atoms with van der Waals surface area (Å²) in [6.45, 7) is 0.0222. The minimum atomic E-state index is -0.576. The maximum absolute atomic E-state index is 10.9. The Morgan fingerprint density at radius 3 is 3.00 bits per heavy atom. The van der Waals surface area contributed by atoms with Gasteiger partial charge in [0.1, 0.15) is 0 Å². The minimum Gasteiger partial charge on any atom is -0.378 e. The molecule has 0 amide bonds. The van der Waals surface area contributed by atoms with Crippen molar-refractivity contribution in [1.29, 1.82) is 0 Å². The summed E-state index contributed by atoms with van der Waals surface area (Å²) in [5.74, 6) is 0. The van der Waals surface area contributed by atoms with Crippen molar-refractivity contribution in [3.05, 3.63) is 32.5 Å². The van der Waals surface area contributed by atoms with Gasteiger partial charge >= 0.3 is 5.69 Å². The molecule has 0 radical (unpaired) electrons. The van der Waals surface area contributed by atoms with Crippen molar-refractivity contribution >= 4 is 28.6 Å². The number of nitrogens with zero attached hydrogens (tertiary/aromatic N) is 4. The van der Waals surface area contributed by atoms with Crippen molar-refractivity contribution in [1.82, 2.24) is 14.8 Å². The molecule has 90 valence electrons. The Labute approximate surface area is 105 Å². The van der Waals surface area contributed by atoms with E-state index in [0.29, 0.717) is 5.13 Å². The molecule has 17 heavy (non-hydrogen) atoms. The van der Waals surface area contributed by atoms with Gasteiger partial charge in [-0.2, -0.15) is 9.78 Å². The third-order valence-electron chi connectivity index (χ3n) is 1.94. The lowest BCUT2D eigenvalue weighted by atomic mass is 10.4. The number of hydrogen-bond acceptors (Lipinski definition) is 6. The summed E-state index contributed by atoms with van der Waals surface area (Å²) in [4.78, 5) is 14.3. The normalized spacial score (nSPS) is 10.7. The molecule has 2 heterocycles. The zero-order valence-electron chi connectivity index (χ0n) is 8.66. The van der Waals surface area contributed by atoms with E-state index in [1.54, 1.807) is 11.6 Å². The summed E-state index contributed by atoms with van der Waals surface area (Å²) in [6, 6.07) is 0. The first kappa shape index (κ1) is 12.0. The predicted molar refractivity (Wildman–Crippen MR) is 61.6 cm³/mol. The first-order valence-corrected chi connectivity index (χ1v) is 5.71. The van der Waals surface area contributed by atoms with Crippen LogP contribution in [-0.4, -0.2) is 26.8 Å². The number of aromatic nitrogens is 3. The largest absolute Gasteiger partial charge is 0.378 e. The highest BCUT2D eigenvalue weighted by Crippen LogP contribution is 2.31. The van der Waals surface area contributed by atoms with Crippen LogP contribution in [0.2, 0.25) is 5.15 Å². The summed E-state index contributed by atoms with van der Waals surface area (Å²) in [5, 5.41) is 17.1. The predicted octanol–water partition coefficient (Wildman–Crippen LogP) is 2.04. The SMILES string of the molecule is COCc1nn(-c2nccs2)c(Cl)c1[N+](=O)[O-]. The average Bonchev–Trinajstić information content (AvgIpc) is 2.86. The third-order valence-corrected chi connectivity index (χ3v) is 3.03. The molecule has 0 bridgehead atoms. The van der Waals surface area contributed by atoms with Gasteiger partial charge in [-0.1, -0.05) is 11.6 Å². The minimum absolute atomic E-state index is 0.0222. The second kappa shape index (κ2) is 4.78. The Kier molecular flexibility index (Phi) is 3.36. The summed E-state index contributed by atoms with van der Waals surface area (Å²) in [7, 11) is 1.43. The average molecular weight is 275 g/mol. The highest BCUT2D eigenvalue weighted by Gasteiger charge is 2.27. The molecule has 0 unspecified atom stereocenters. The van der Waals surface area contributed by atoms with Crippen molar-refractivity contribution in [2.75, 3.05) is 7.11 Å². The van der Waals surface area contributed by atoms with E-state index in [0.717, 1.165) is 0 Å². The van der Waals surface area contributed by atoms with E-state index in [4.69, 9.17) is 16.3 Å². The van der Waals surface area contributed by atoms with Crippen LogP contribution in [0.5, 0.6) is 0 Å². The number of ether oxygens (including phenoxy) is 1. The second-order valence-electron chi connectivity index (χ2n) is 3.00. The first-order valence-electron chi connectivity index (χ1n) is 4.45. The molecule has 0 atom stereocenters. The lowest BCUT2D eigenvalue weighted by molar-refractivity contribution is -0.385. The standard InChI is InChI=1S/C8H7ClN4O3S/c1-16-4-5-6(13(14)15)7(9)12(11-5)8-10-2-3-17-8/h2-3H,4H2,1H3. The molecule has 0 N–H and O–H groups in total. The third kappa shape index (κ3) is 2.14. The van der Waals surface area contributed by atoms with Crippen LogP contribution in [0.3, 0.4) is 0 Å². The van der Waals surface area contributed by atoms with Gasteiger partial charge in [-0.25, -0.2) is 4.98 Å². The Morgan fingerprint density at radius 1 is 1.71 bits per heavy atom. The van der Waals surface area contributed by atoms with Gasteiger partial charge in [0.15, 0.2) is 5.69 Å². The number of halogens is 1. The quantitative estimate of drug-likeness (QED) is 0.629. The Bertz CT molecular complexity index is 539. The zero-order chi connectivity index (χ0) is 12.4. The molecule has 2 aromatic heterocycles. The number of rotatable bonds is 4. The van der Waals surface area contributed by atoms with E-state index in [-0.39, 0.29) is 23.1 Å². The fourth-order valence-electron chi connectivity index (χ4n) is 1.29. The van der Waals surface area contributed by atoms with Crippen LogP contribution in [0.25, 0.3) is 5.13 Å². The van der Waals surface area contributed by atoms with Crippen molar-refractivity contribution < 1.29 is 9.66 Å². The van der Waals surface area contributed by atoms with Crippen LogP contribution < -0.4 is 0 Å².